The number of nitrogens with zero attached hydrogens (tertiary/aromatic N) is 2. The van der Waals surface area contributed by atoms with E-state index < -0.39 is 45.7 Å². The van der Waals surface area contributed by atoms with E-state index in [0.717, 1.165) is 17.0 Å². The van der Waals surface area contributed by atoms with E-state index in [2.05, 4.69) is 10.3 Å². The first-order chi connectivity index (χ1) is 18.2. The second-order valence-corrected chi connectivity index (χ2v) is 11.8. The third kappa shape index (κ3) is 4.70. The molecule has 7 nitrogen and oxygen atoms in total. The Labute approximate surface area is 224 Å². The van der Waals surface area contributed by atoms with Gasteiger partial charge in [0.25, 0.3) is 5.91 Å². The number of amides is 1. The Bertz CT molecular complexity index is 1560. The number of allylic oxidation sites excluding steroid dienone is 1. The van der Waals surface area contributed by atoms with E-state index in [4.69, 9.17) is 4.42 Å². The summed E-state index contributed by atoms with van der Waals surface area (Å²) < 4.78 is 75.1. The number of nitrogens with one attached hydrogen (secondary N) is 1. The molecule has 0 saturated heterocycles. The normalized spacial score (nSPS) is 20.7. The molecule has 3 heterocycles. The molecule has 0 fully saturated rings. The minimum Gasteiger partial charge on any atom is -0.506 e. The number of anilines is 2. The summed E-state index contributed by atoms with van der Waals surface area (Å²) in [6, 6.07) is 5.00. The number of aryl methyl sites for hydroxylation is 2. The SMILES string of the molecule is Cc1nc(C(=O)N2c3cccc(O)c3NC3=C(C2c2ccc(C(F)(F)F)cc2F)S(=O)CC(C)(C)C3)c(C)o1. The number of para-hydroxylation sites is 1. The van der Waals surface area contributed by atoms with Gasteiger partial charge in [-0.15, -0.1) is 0 Å². The van der Waals surface area contributed by atoms with E-state index in [0.29, 0.717) is 18.2 Å². The Kier molecular flexibility index (Phi) is 6.36. The molecule has 0 aliphatic carbocycles. The number of carbonyl (C=O) groups is 1. The van der Waals surface area contributed by atoms with Gasteiger partial charge in [0.05, 0.1) is 27.0 Å². The van der Waals surface area contributed by atoms with Gasteiger partial charge in [-0.2, -0.15) is 13.2 Å². The molecule has 1 amide bonds. The van der Waals surface area contributed by atoms with Crippen LogP contribution in [0.1, 0.15) is 59.6 Å². The summed E-state index contributed by atoms with van der Waals surface area (Å²) in [5.41, 5.74) is -1.45. The standard InChI is InChI=1S/C27H25F4N3O4S/c1-13-21(32-14(2)38-13)25(36)34-19-6-5-7-20(35)22(19)33-18-11-26(3,4)12-39(37)24(18)23(34)16-9-8-15(10-17(16)28)27(29,30)31/h5-10,23,33,35H,11-12H2,1-4H3. The fourth-order valence-electron chi connectivity index (χ4n) is 5.12. The maximum atomic E-state index is 15.6. The van der Waals surface area contributed by atoms with Gasteiger partial charge in [0, 0.05) is 23.9 Å². The highest BCUT2D eigenvalue weighted by molar-refractivity contribution is 7.89. The third-order valence-corrected chi connectivity index (χ3v) is 8.73. The van der Waals surface area contributed by atoms with Crippen molar-refractivity contribution in [3.63, 3.8) is 0 Å². The molecular weight excluding hydrogens is 538 g/mol. The Morgan fingerprint density at radius 1 is 1.23 bits per heavy atom. The number of halogens is 4. The fourth-order valence-corrected chi connectivity index (χ4v) is 6.97. The monoisotopic (exact) mass is 563 g/mol. The van der Waals surface area contributed by atoms with Crippen molar-refractivity contribution in [3.8, 4) is 5.75 Å². The second kappa shape index (κ2) is 9.22. The zero-order valence-electron chi connectivity index (χ0n) is 21.4. The molecule has 2 aromatic carbocycles. The van der Waals surface area contributed by atoms with Gasteiger partial charge in [0.15, 0.2) is 11.6 Å². The number of aromatic hydroxyl groups is 1. The first-order valence-electron chi connectivity index (χ1n) is 12.0. The summed E-state index contributed by atoms with van der Waals surface area (Å²) in [4.78, 5) is 19.6. The Balaban J connectivity index is 1.84. The number of benzene rings is 2. The lowest BCUT2D eigenvalue weighted by atomic mass is 9.88. The number of aromatic nitrogens is 1. The van der Waals surface area contributed by atoms with Crippen LogP contribution in [0.25, 0.3) is 0 Å². The molecule has 2 aliphatic rings. The Hall–Kier alpha value is -3.67. The lowest BCUT2D eigenvalue weighted by Gasteiger charge is -2.37. The highest BCUT2D eigenvalue weighted by atomic mass is 32.2. The molecule has 39 heavy (non-hydrogen) atoms. The van der Waals surface area contributed by atoms with Crippen molar-refractivity contribution in [2.45, 2.75) is 46.3 Å². The average Bonchev–Trinajstić information content (AvgIpc) is 3.08. The lowest BCUT2D eigenvalue weighted by molar-refractivity contribution is -0.137. The maximum Gasteiger partial charge on any atom is 0.416 e. The molecule has 2 N–H and O–H groups in total. The first kappa shape index (κ1) is 26.9. The van der Waals surface area contributed by atoms with Crippen molar-refractivity contribution in [1.82, 2.24) is 4.98 Å². The Morgan fingerprint density at radius 2 is 1.95 bits per heavy atom. The molecule has 0 saturated carbocycles. The van der Waals surface area contributed by atoms with E-state index in [-0.39, 0.29) is 50.7 Å². The molecule has 0 spiro atoms. The molecule has 206 valence electrons. The van der Waals surface area contributed by atoms with E-state index >= 15 is 4.39 Å². The molecule has 1 aromatic heterocycles. The van der Waals surface area contributed by atoms with Crippen LogP contribution >= 0.6 is 0 Å². The molecule has 2 unspecified atom stereocenters. The zero-order chi connectivity index (χ0) is 28.4. The van der Waals surface area contributed by atoms with Gasteiger partial charge in [-0.3, -0.25) is 13.9 Å². The number of rotatable bonds is 2. The minimum atomic E-state index is -4.80. The van der Waals surface area contributed by atoms with Gasteiger partial charge in [-0.25, -0.2) is 9.37 Å². The molecule has 0 bridgehead atoms. The summed E-state index contributed by atoms with van der Waals surface area (Å²) in [5, 5.41) is 13.9. The average molecular weight is 564 g/mol. The molecule has 5 rings (SSSR count). The van der Waals surface area contributed by atoms with Crippen molar-refractivity contribution in [3.05, 3.63) is 81.3 Å². The van der Waals surface area contributed by atoms with Crippen LogP contribution in [0.15, 0.2) is 51.4 Å². The van der Waals surface area contributed by atoms with Crippen molar-refractivity contribution in [2.24, 2.45) is 5.41 Å². The second-order valence-electron chi connectivity index (χ2n) is 10.4. The number of alkyl halides is 3. The van der Waals surface area contributed by atoms with Crippen LogP contribution in [0.2, 0.25) is 0 Å². The smallest absolute Gasteiger partial charge is 0.416 e. The van der Waals surface area contributed by atoms with E-state index in [1.807, 2.05) is 13.8 Å². The van der Waals surface area contributed by atoms with E-state index in [1.54, 1.807) is 6.92 Å². The summed E-state index contributed by atoms with van der Waals surface area (Å²) in [6.45, 7) is 6.85. The number of oxazole rings is 1. The van der Waals surface area contributed by atoms with Gasteiger partial charge < -0.3 is 14.8 Å². The maximum absolute atomic E-state index is 15.6. The zero-order valence-corrected chi connectivity index (χ0v) is 22.3. The van der Waals surface area contributed by atoms with Gasteiger partial charge >= 0.3 is 6.18 Å². The molecule has 2 atom stereocenters. The lowest BCUT2D eigenvalue weighted by Crippen LogP contribution is -2.40. The third-order valence-electron chi connectivity index (χ3n) is 6.73. The molecular formula is C27H25F4N3O4S. The fraction of sp³-hybridized carbons (Fsp3) is 0.333. The number of carbonyl (C=O) groups excluding carboxylic acids is 1. The summed E-state index contributed by atoms with van der Waals surface area (Å²) in [6.07, 6.45) is -4.47. The molecule has 2 aliphatic heterocycles. The molecule has 3 aromatic rings. The van der Waals surface area contributed by atoms with Crippen LogP contribution in [-0.4, -0.2) is 26.0 Å². The van der Waals surface area contributed by atoms with Crippen molar-refractivity contribution >= 4 is 28.1 Å². The summed E-state index contributed by atoms with van der Waals surface area (Å²) in [5.74, 6) is -1.69. The van der Waals surface area contributed by atoms with Crippen molar-refractivity contribution in [1.29, 1.82) is 0 Å². The number of phenols is 1. The largest absolute Gasteiger partial charge is 0.506 e. The van der Waals surface area contributed by atoms with Crippen molar-refractivity contribution in [2.75, 3.05) is 16.0 Å². The summed E-state index contributed by atoms with van der Waals surface area (Å²) >= 11 is 0. The Morgan fingerprint density at radius 3 is 2.56 bits per heavy atom. The molecule has 12 heteroatoms. The topological polar surface area (TPSA) is 95.7 Å². The minimum absolute atomic E-state index is 0.105. The van der Waals surface area contributed by atoms with Crippen LogP contribution in [0.4, 0.5) is 28.9 Å². The predicted octanol–water partition coefficient (Wildman–Crippen LogP) is 6.36. The van der Waals surface area contributed by atoms with Gasteiger partial charge in [-0.05, 0) is 43.0 Å². The highest BCUT2D eigenvalue weighted by Gasteiger charge is 2.45. The van der Waals surface area contributed by atoms with Crippen LogP contribution in [0.3, 0.4) is 0 Å². The van der Waals surface area contributed by atoms with Crippen LogP contribution in [-0.2, 0) is 17.0 Å². The molecule has 0 radical (unpaired) electrons. The van der Waals surface area contributed by atoms with Crippen molar-refractivity contribution < 1.29 is 36.1 Å². The van der Waals surface area contributed by atoms with Crippen LogP contribution in [0, 0.1) is 25.1 Å². The highest BCUT2D eigenvalue weighted by Crippen LogP contribution is 2.51. The number of hydrogen-bond donors (Lipinski definition) is 2. The van der Waals surface area contributed by atoms with E-state index in [9.17, 15) is 27.3 Å². The van der Waals surface area contributed by atoms with Crippen LogP contribution < -0.4 is 10.2 Å². The van der Waals surface area contributed by atoms with Gasteiger partial charge in [-0.1, -0.05) is 26.0 Å². The van der Waals surface area contributed by atoms with E-state index in [1.165, 1.54) is 25.1 Å². The van der Waals surface area contributed by atoms with Gasteiger partial charge in [0.1, 0.15) is 29.1 Å². The summed E-state index contributed by atoms with van der Waals surface area (Å²) in [7, 11) is -1.78. The number of hydrogen-bond acceptors (Lipinski definition) is 6. The quantitative estimate of drug-likeness (QED) is 0.278. The number of phenolic OH excluding ortho intramolecular Hbond substituents is 1. The van der Waals surface area contributed by atoms with Gasteiger partial charge in [0.2, 0.25) is 0 Å². The predicted molar refractivity (Wildman–Crippen MR) is 137 cm³/mol. The number of fused-ring (bicyclic) bond motifs is 1. The van der Waals surface area contributed by atoms with Crippen LogP contribution in [0.5, 0.6) is 5.75 Å². The first-order valence-corrected chi connectivity index (χ1v) is 13.3.